The molecular formula is C9H11N3O. The molecule has 0 saturated heterocycles. The highest BCUT2D eigenvalue weighted by Crippen LogP contribution is 1.91. The summed E-state index contributed by atoms with van der Waals surface area (Å²) in [5.74, 6) is 5.63. The maximum atomic E-state index is 10.5. The highest BCUT2D eigenvalue weighted by Gasteiger charge is 1.90. The molecule has 1 rings (SSSR count). The molecule has 13 heavy (non-hydrogen) atoms. The van der Waals surface area contributed by atoms with Gasteiger partial charge in [0.25, 0.3) is 0 Å². The lowest BCUT2D eigenvalue weighted by Crippen LogP contribution is -2.19. The van der Waals surface area contributed by atoms with Crippen LogP contribution in [0.15, 0.2) is 12.3 Å². The van der Waals surface area contributed by atoms with Gasteiger partial charge in [-0.05, 0) is 12.0 Å². The third kappa shape index (κ3) is 2.99. The molecule has 68 valence electrons. The van der Waals surface area contributed by atoms with E-state index >= 15 is 0 Å². The number of rotatable bonds is 1. The van der Waals surface area contributed by atoms with Gasteiger partial charge in [-0.25, -0.2) is 0 Å². The largest absolute Gasteiger partial charge is 0.345 e. The maximum absolute atomic E-state index is 10.5. The highest BCUT2D eigenvalue weighted by atomic mass is 16.1. The van der Waals surface area contributed by atoms with Crippen LogP contribution in [-0.4, -0.2) is 22.2 Å². The SMILES string of the molecule is CC(=O)NCC#Cc1ccnn1C. The average Bonchev–Trinajstić information content (AvgIpc) is 2.45. The van der Waals surface area contributed by atoms with Crippen LogP contribution in [0.1, 0.15) is 12.6 Å². The third-order valence-corrected chi connectivity index (χ3v) is 1.46. The molecule has 0 bridgehead atoms. The van der Waals surface area contributed by atoms with Gasteiger partial charge in [0.15, 0.2) is 0 Å². The van der Waals surface area contributed by atoms with E-state index in [1.54, 1.807) is 10.9 Å². The molecule has 0 atom stereocenters. The summed E-state index contributed by atoms with van der Waals surface area (Å²) in [6, 6.07) is 1.82. The molecule has 0 saturated carbocycles. The molecule has 1 amide bonds. The molecule has 1 heterocycles. The van der Waals surface area contributed by atoms with Gasteiger partial charge < -0.3 is 5.32 Å². The zero-order valence-corrected chi connectivity index (χ0v) is 7.66. The minimum absolute atomic E-state index is 0.0701. The van der Waals surface area contributed by atoms with E-state index in [0.717, 1.165) is 5.69 Å². The molecule has 1 aromatic heterocycles. The van der Waals surface area contributed by atoms with Gasteiger partial charge in [-0.2, -0.15) is 5.10 Å². The van der Waals surface area contributed by atoms with Crippen LogP contribution in [0.4, 0.5) is 0 Å². The zero-order chi connectivity index (χ0) is 9.68. The van der Waals surface area contributed by atoms with Crippen molar-refractivity contribution in [3.63, 3.8) is 0 Å². The molecule has 0 radical (unpaired) electrons. The van der Waals surface area contributed by atoms with Crippen molar-refractivity contribution < 1.29 is 4.79 Å². The van der Waals surface area contributed by atoms with E-state index in [1.165, 1.54) is 6.92 Å². The molecule has 1 aromatic rings. The minimum Gasteiger partial charge on any atom is -0.345 e. The van der Waals surface area contributed by atoms with Gasteiger partial charge in [0, 0.05) is 14.0 Å². The third-order valence-electron chi connectivity index (χ3n) is 1.46. The number of hydrogen-bond donors (Lipinski definition) is 1. The lowest BCUT2D eigenvalue weighted by molar-refractivity contribution is -0.118. The molecule has 4 nitrogen and oxygen atoms in total. The fraction of sp³-hybridized carbons (Fsp3) is 0.333. The minimum atomic E-state index is -0.0701. The zero-order valence-electron chi connectivity index (χ0n) is 7.66. The smallest absolute Gasteiger partial charge is 0.217 e. The van der Waals surface area contributed by atoms with E-state index in [0.29, 0.717) is 6.54 Å². The van der Waals surface area contributed by atoms with Crippen LogP contribution in [-0.2, 0) is 11.8 Å². The number of nitrogens with zero attached hydrogens (tertiary/aromatic N) is 2. The summed E-state index contributed by atoms with van der Waals surface area (Å²) >= 11 is 0. The van der Waals surface area contributed by atoms with Crippen LogP contribution in [0.3, 0.4) is 0 Å². The van der Waals surface area contributed by atoms with Crippen molar-refractivity contribution in [3.8, 4) is 11.8 Å². The van der Waals surface area contributed by atoms with Gasteiger partial charge in [0.05, 0.1) is 12.7 Å². The number of hydrogen-bond acceptors (Lipinski definition) is 2. The lowest BCUT2D eigenvalue weighted by Gasteiger charge is -1.92. The fourth-order valence-corrected chi connectivity index (χ4v) is 0.800. The van der Waals surface area contributed by atoms with Crippen molar-refractivity contribution in [2.75, 3.05) is 6.54 Å². The Hall–Kier alpha value is -1.76. The normalized spacial score (nSPS) is 8.77. The first kappa shape index (κ1) is 9.33. The summed E-state index contributed by atoms with van der Waals surface area (Å²) in [6.45, 7) is 1.84. The van der Waals surface area contributed by atoms with E-state index in [2.05, 4.69) is 22.3 Å². The number of nitrogens with one attached hydrogen (secondary N) is 1. The Bertz CT molecular complexity index is 356. The molecule has 0 unspecified atom stereocenters. The lowest BCUT2D eigenvalue weighted by atomic mass is 10.4. The van der Waals surface area contributed by atoms with Crippen LogP contribution in [0.2, 0.25) is 0 Å². The van der Waals surface area contributed by atoms with Crippen LogP contribution in [0.25, 0.3) is 0 Å². The summed E-state index contributed by atoms with van der Waals surface area (Å²) < 4.78 is 1.68. The highest BCUT2D eigenvalue weighted by molar-refractivity contribution is 5.73. The van der Waals surface area contributed by atoms with Gasteiger partial charge in [0.2, 0.25) is 5.91 Å². The van der Waals surface area contributed by atoms with Crippen molar-refractivity contribution in [2.24, 2.45) is 7.05 Å². The molecule has 0 aliphatic heterocycles. The quantitative estimate of drug-likeness (QED) is 0.609. The Morgan fingerprint density at radius 3 is 3.08 bits per heavy atom. The predicted molar refractivity (Wildman–Crippen MR) is 48.8 cm³/mol. The van der Waals surface area contributed by atoms with Crippen LogP contribution in [0.5, 0.6) is 0 Å². The van der Waals surface area contributed by atoms with Gasteiger partial charge in [-0.1, -0.05) is 5.92 Å². The summed E-state index contributed by atoms with van der Waals surface area (Å²) in [6.07, 6.45) is 1.68. The van der Waals surface area contributed by atoms with Crippen LogP contribution in [0, 0.1) is 11.8 Å². The predicted octanol–water partition coefficient (Wildman–Crippen LogP) is -0.0923. The first-order chi connectivity index (χ1) is 6.20. The Morgan fingerprint density at radius 2 is 2.54 bits per heavy atom. The molecule has 0 spiro atoms. The standard InChI is InChI=1S/C9H11N3O/c1-8(13)10-6-3-4-9-5-7-11-12(9)2/h5,7H,6H2,1-2H3,(H,10,13). The summed E-state index contributed by atoms with van der Waals surface area (Å²) in [5, 5.41) is 6.54. The topological polar surface area (TPSA) is 46.9 Å². The molecule has 4 heteroatoms. The van der Waals surface area contributed by atoms with Gasteiger partial charge in [0.1, 0.15) is 5.69 Å². The van der Waals surface area contributed by atoms with Gasteiger partial charge >= 0.3 is 0 Å². The Labute approximate surface area is 76.9 Å². The van der Waals surface area contributed by atoms with Crippen molar-refractivity contribution in [1.29, 1.82) is 0 Å². The van der Waals surface area contributed by atoms with Crippen molar-refractivity contribution >= 4 is 5.91 Å². The summed E-state index contributed by atoms with van der Waals surface area (Å²) in [7, 11) is 1.82. The van der Waals surface area contributed by atoms with Gasteiger partial charge in [-0.3, -0.25) is 9.48 Å². The van der Waals surface area contributed by atoms with E-state index in [-0.39, 0.29) is 5.91 Å². The Morgan fingerprint density at radius 1 is 1.77 bits per heavy atom. The monoisotopic (exact) mass is 177 g/mol. The number of carbonyl (C=O) groups is 1. The van der Waals surface area contributed by atoms with Crippen molar-refractivity contribution in [3.05, 3.63) is 18.0 Å². The first-order valence-corrected chi connectivity index (χ1v) is 3.91. The Kier molecular flexibility index (Phi) is 3.09. The number of aryl methyl sites for hydroxylation is 1. The van der Waals surface area contributed by atoms with Crippen molar-refractivity contribution in [2.45, 2.75) is 6.92 Å². The summed E-state index contributed by atoms with van der Waals surface area (Å²) in [5.41, 5.74) is 0.838. The first-order valence-electron chi connectivity index (χ1n) is 3.91. The van der Waals surface area contributed by atoms with Gasteiger partial charge in [-0.15, -0.1) is 0 Å². The summed E-state index contributed by atoms with van der Waals surface area (Å²) in [4.78, 5) is 10.5. The second kappa shape index (κ2) is 4.31. The number of amides is 1. The fourth-order valence-electron chi connectivity index (χ4n) is 0.800. The van der Waals surface area contributed by atoms with Crippen LogP contribution < -0.4 is 5.32 Å². The van der Waals surface area contributed by atoms with E-state index in [1.807, 2.05) is 13.1 Å². The van der Waals surface area contributed by atoms with Crippen molar-refractivity contribution in [1.82, 2.24) is 15.1 Å². The number of carbonyl (C=O) groups excluding carboxylic acids is 1. The molecule has 0 aliphatic rings. The molecule has 1 N–H and O–H groups in total. The number of aromatic nitrogens is 2. The molecular weight excluding hydrogens is 166 g/mol. The molecule has 0 aliphatic carbocycles. The maximum Gasteiger partial charge on any atom is 0.217 e. The average molecular weight is 177 g/mol. The second-order valence-electron chi connectivity index (χ2n) is 2.55. The van der Waals surface area contributed by atoms with E-state index < -0.39 is 0 Å². The van der Waals surface area contributed by atoms with E-state index in [4.69, 9.17) is 0 Å². The van der Waals surface area contributed by atoms with Crippen LogP contribution >= 0.6 is 0 Å². The second-order valence-corrected chi connectivity index (χ2v) is 2.55. The molecule has 0 fully saturated rings. The van der Waals surface area contributed by atoms with E-state index in [9.17, 15) is 4.79 Å². The Balaban J connectivity index is 2.49. The molecule has 0 aromatic carbocycles.